The molecular weight excluding hydrogens is 294 g/mol. The van der Waals surface area contributed by atoms with Gasteiger partial charge in [-0.1, -0.05) is 11.6 Å². The van der Waals surface area contributed by atoms with Crippen LogP contribution in [0.15, 0.2) is 18.2 Å². The summed E-state index contributed by atoms with van der Waals surface area (Å²) in [6, 6.07) is 4.86. The number of benzene rings is 1. The van der Waals surface area contributed by atoms with E-state index in [1.54, 1.807) is 12.1 Å². The summed E-state index contributed by atoms with van der Waals surface area (Å²) in [5.74, 6) is -1.01. The standard InChI is InChI=1S/C15H18ClNO4/c1-17(9-14(18)19)15(20)12-8-10(16)6-7-13(12)21-11-4-2-3-5-11/h6-8,11H,2-5,9H2,1H3,(H,18,19). The fourth-order valence-electron chi connectivity index (χ4n) is 2.44. The van der Waals surface area contributed by atoms with Crippen molar-refractivity contribution in [1.82, 2.24) is 4.90 Å². The average Bonchev–Trinajstić information content (AvgIpc) is 2.92. The van der Waals surface area contributed by atoms with Gasteiger partial charge >= 0.3 is 5.97 Å². The molecule has 0 bridgehead atoms. The van der Waals surface area contributed by atoms with Crippen molar-refractivity contribution in [2.45, 2.75) is 31.8 Å². The number of aliphatic carboxylic acids is 1. The third-order valence-electron chi connectivity index (χ3n) is 3.49. The fourth-order valence-corrected chi connectivity index (χ4v) is 2.61. The van der Waals surface area contributed by atoms with E-state index in [4.69, 9.17) is 21.4 Å². The molecule has 1 aromatic carbocycles. The summed E-state index contributed by atoms with van der Waals surface area (Å²) in [5.41, 5.74) is 0.304. The molecule has 0 aliphatic heterocycles. The van der Waals surface area contributed by atoms with Gasteiger partial charge in [-0.05, 0) is 43.9 Å². The van der Waals surface area contributed by atoms with E-state index in [2.05, 4.69) is 0 Å². The molecule has 0 heterocycles. The molecule has 0 unspecified atom stereocenters. The van der Waals surface area contributed by atoms with Crippen molar-refractivity contribution in [2.75, 3.05) is 13.6 Å². The van der Waals surface area contributed by atoms with E-state index in [-0.39, 0.29) is 12.6 Å². The molecule has 114 valence electrons. The molecule has 0 aromatic heterocycles. The van der Waals surface area contributed by atoms with E-state index >= 15 is 0 Å². The topological polar surface area (TPSA) is 66.8 Å². The molecule has 1 aliphatic carbocycles. The molecule has 6 heteroatoms. The van der Waals surface area contributed by atoms with E-state index in [1.165, 1.54) is 13.1 Å². The number of carboxylic acids is 1. The van der Waals surface area contributed by atoms with Crippen molar-refractivity contribution in [2.24, 2.45) is 0 Å². The lowest BCUT2D eigenvalue weighted by atomic mass is 10.1. The van der Waals surface area contributed by atoms with Crippen LogP contribution in [0.3, 0.4) is 0 Å². The summed E-state index contributed by atoms with van der Waals surface area (Å²) in [7, 11) is 1.44. The second-order valence-electron chi connectivity index (χ2n) is 5.22. The van der Waals surface area contributed by atoms with E-state index < -0.39 is 11.9 Å². The van der Waals surface area contributed by atoms with Gasteiger partial charge in [0, 0.05) is 12.1 Å². The molecule has 0 saturated heterocycles. The lowest BCUT2D eigenvalue weighted by Gasteiger charge is -2.20. The van der Waals surface area contributed by atoms with Gasteiger partial charge < -0.3 is 14.7 Å². The van der Waals surface area contributed by atoms with Gasteiger partial charge in [0.25, 0.3) is 5.91 Å². The first-order valence-corrected chi connectivity index (χ1v) is 7.28. The zero-order valence-electron chi connectivity index (χ0n) is 11.8. The smallest absolute Gasteiger partial charge is 0.323 e. The predicted octanol–water partition coefficient (Wildman–Crippen LogP) is 2.82. The van der Waals surface area contributed by atoms with Crippen LogP contribution in [0.1, 0.15) is 36.0 Å². The van der Waals surface area contributed by atoms with Crippen molar-refractivity contribution in [3.63, 3.8) is 0 Å². The van der Waals surface area contributed by atoms with Crippen molar-refractivity contribution >= 4 is 23.5 Å². The highest BCUT2D eigenvalue weighted by Crippen LogP contribution is 2.29. The van der Waals surface area contributed by atoms with Gasteiger partial charge in [-0.15, -0.1) is 0 Å². The van der Waals surface area contributed by atoms with E-state index in [0.717, 1.165) is 30.6 Å². The highest BCUT2D eigenvalue weighted by atomic mass is 35.5. The van der Waals surface area contributed by atoms with Gasteiger partial charge in [0.2, 0.25) is 0 Å². The lowest BCUT2D eigenvalue weighted by molar-refractivity contribution is -0.137. The van der Waals surface area contributed by atoms with Crippen LogP contribution in [0.2, 0.25) is 5.02 Å². The molecule has 1 N–H and O–H groups in total. The highest BCUT2D eigenvalue weighted by molar-refractivity contribution is 6.31. The first-order valence-electron chi connectivity index (χ1n) is 6.91. The Morgan fingerprint density at radius 1 is 1.38 bits per heavy atom. The number of carbonyl (C=O) groups is 2. The van der Waals surface area contributed by atoms with Crippen LogP contribution in [-0.2, 0) is 4.79 Å². The Bertz CT molecular complexity index is 540. The number of amides is 1. The molecule has 1 fully saturated rings. The Balaban J connectivity index is 2.21. The van der Waals surface area contributed by atoms with E-state index in [0.29, 0.717) is 16.3 Å². The first-order chi connectivity index (χ1) is 9.97. The van der Waals surface area contributed by atoms with Crippen molar-refractivity contribution in [3.8, 4) is 5.75 Å². The van der Waals surface area contributed by atoms with Crippen LogP contribution in [0.4, 0.5) is 0 Å². The number of hydrogen-bond donors (Lipinski definition) is 1. The van der Waals surface area contributed by atoms with Crippen LogP contribution >= 0.6 is 11.6 Å². The van der Waals surface area contributed by atoms with Gasteiger partial charge in [-0.2, -0.15) is 0 Å². The Morgan fingerprint density at radius 2 is 2.05 bits per heavy atom. The number of ether oxygens (including phenoxy) is 1. The largest absolute Gasteiger partial charge is 0.490 e. The van der Waals surface area contributed by atoms with Crippen molar-refractivity contribution in [3.05, 3.63) is 28.8 Å². The minimum absolute atomic E-state index is 0.113. The first kappa shape index (κ1) is 15.6. The van der Waals surface area contributed by atoms with Crippen molar-refractivity contribution < 1.29 is 19.4 Å². The average molecular weight is 312 g/mol. The highest BCUT2D eigenvalue weighted by Gasteiger charge is 2.23. The molecule has 21 heavy (non-hydrogen) atoms. The van der Waals surface area contributed by atoms with Crippen LogP contribution in [0, 0.1) is 0 Å². The molecule has 1 aromatic rings. The summed E-state index contributed by atoms with van der Waals surface area (Å²) in [6.45, 7) is -0.367. The molecule has 1 saturated carbocycles. The number of nitrogens with zero attached hydrogens (tertiary/aromatic N) is 1. The summed E-state index contributed by atoms with van der Waals surface area (Å²) < 4.78 is 5.88. The summed E-state index contributed by atoms with van der Waals surface area (Å²) in [6.07, 6.45) is 4.31. The number of carbonyl (C=O) groups excluding carboxylic acids is 1. The number of likely N-dealkylation sites (N-methyl/N-ethyl adjacent to an activating group) is 1. The Labute approximate surface area is 128 Å². The van der Waals surface area contributed by atoms with E-state index in [9.17, 15) is 9.59 Å². The maximum Gasteiger partial charge on any atom is 0.323 e. The SMILES string of the molecule is CN(CC(=O)O)C(=O)c1cc(Cl)ccc1OC1CCCC1. The summed E-state index contributed by atoms with van der Waals surface area (Å²) >= 11 is 5.95. The monoisotopic (exact) mass is 311 g/mol. The summed E-state index contributed by atoms with van der Waals surface area (Å²) in [5, 5.41) is 9.20. The third-order valence-corrected chi connectivity index (χ3v) is 3.72. The fraction of sp³-hybridized carbons (Fsp3) is 0.467. The Morgan fingerprint density at radius 3 is 2.67 bits per heavy atom. The number of rotatable bonds is 5. The van der Waals surface area contributed by atoms with Crippen molar-refractivity contribution in [1.29, 1.82) is 0 Å². The maximum absolute atomic E-state index is 12.4. The number of carboxylic acid groups (broad SMARTS) is 1. The van der Waals surface area contributed by atoms with Gasteiger partial charge in [-0.3, -0.25) is 9.59 Å². The second kappa shape index (κ2) is 6.80. The second-order valence-corrected chi connectivity index (χ2v) is 5.66. The maximum atomic E-state index is 12.4. The quantitative estimate of drug-likeness (QED) is 0.908. The number of halogens is 1. The molecule has 1 amide bonds. The van der Waals surface area contributed by atoms with Gasteiger partial charge in [0.05, 0.1) is 11.7 Å². The van der Waals surface area contributed by atoms with Gasteiger partial charge in [0.1, 0.15) is 12.3 Å². The molecule has 1 aliphatic rings. The Hall–Kier alpha value is -1.75. The van der Waals surface area contributed by atoms with E-state index in [1.807, 2.05) is 0 Å². The van der Waals surface area contributed by atoms with Gasteiger partial charge in [0.15, 0.2) is 0 Å². The minimum atomic E-state index is -1.06. The van der Waals surface area contributed by atoms with Crippen LogP contribution in [-0.4, -0.2) is 41.6 Å². The molecule has 2 rings (SSSR count). The van der Waals surface area contributed by atoms with Crippen LogP contribution < -0.4 is 4.74 Å². The molecule has 5 nitrogen and oxygen atoms in total. The Kier molecular flexibility index (Phi) is 5.07. The zero-order chi connectivity index (χ0) is 15.4. The molecular formula is C15H18ClNO4. The minimum Gasteiger partial charge on any atom is -0.490 e. The van der Waals surface area contributed by atoms with Crippen LogP contribution in [0.25, 0.3) is 0 Å². The normalized spacial score (nSPS) is 15.0. The van der Waals surface area contributed by atoms with Gasteiger partial charge in [-0.25, -0.2) is 0 Å². The molecule has 0 spiro atoms. The zero-order valence-corrected chi connectivity index (χ0v) is 12.6. The molecule has 0 radical (unpaired) electrons. The molecule has 0 atom stereocenters. The summed E-state index contributed by atoms with van der Waals surface area (Å²) in [4.78, 5) is 24.2. The van der Waals surface area contributed by atoms with Crippen LogP contribution in [0.5, 0.6) is 5.75 Å². The predicted molar refractivity (Wildman–Crippen MR) is 78.9 cm³/mol. The lowest BCUT2D eigenvalue weighted by Crippen LogP contribution is -2.32. The number of hydrogen-bond acceptors (Lipinski definition) is 3. The third kappa shape index (κ3) is 4.11.